The number of nitrogens with zero attached hydrogens (tertiary/aromatic N) is 1. The number of hydrogen-bond acceptors (Lipinski definition) is 4. The third-order valence-electron chi connectivity index (χ3n) is 2.73. The van der Waals surface area contributed by atoms with E-state index >= 15 is 0 Å². The van der Waals surface area contributed by atoms with Crippen molar-refractivity contribution in [1.82, 2.24) is 4.98 Å². The Morgan fingerprint density at radius 1 is 1.33 bits per heavy atom. The molecule has 0 bridgehead atoms. The molecule has 96 valence electrons. The second-order valence-electron chi connectivity index (χ2n) is 4.50. The van der Waals surface area contributed by atoms with Gasteiger partial charge >= 0.3 is 0 Å². The number of nitrogens with one attached hydrogen (secondary N) is 1. The van der Waals surface area contributed by atoms with Gasteiger partial charge in [0, 0.05) is 28.0 Å². The molecule has 2 aromatic rings. The van der Waals surface area contributed by atoms with Crippen molar-refractivity contribution < 1.29 is 10.2 Å². The van der Waals surface area contributed by atoms with E-state index in [4.69, 9.17) is 5.11 Å². The lowest BCUT2D eigenvalue weighted by Gasteiger charge is -2.21. The van der Waals surface area contributed by atoms with E-state index in [1.165, 1.54) is 0 Å². The van der Waals surface area contributed by atoms with Gasteiger partial charge in [0.1, 0.15) is 11.4 Å². The summed E-state index contributed by atoms with van der Waals surface area (Å²) in [6.07, 6.45) is 1.71. The zero-order valence-corrected chi connectivity index (χ0v) is 11.6. The number of hydrogen-bond donors (Lipinski definition) is 3. The zero-order chi connectivity index (χ0) is 13.2. The molecule has 0 saturated carbocycles. The first kappa shape index (κ1) is 13.3. The minimum absolute atomic E-state index is 0.238. The topological polar surface area (TPSA) is 65.4 Å². The second-order valence-corrected chi connectivity index (χ2v) is 5.36. The van der Waals surface area contributed by atoms with Crippen LogP contribution in [0.3, 0.4) is 0 Å². The molecule has 1 heterocycles. The van der Waals surface area contributed by atoms with E-state index in [1.54, 1.807) is 13.1 Å². The molecule has 5 heteroatoms. The number of halogens is 1. The molecule has 0 amide bonds. The third-order valence-corrected chi connectivity index (χ3v) is 3.42. The molecule has 4 nitrogen and oxygen atoms in total. The molecule has 1 unspecified atom stereocenters. The highest BCUT2D eigenvalue weighted by Gasteiger charge is 2.19. The molecule has 0 radical (unpaired) electrons. The summed E-state index contributed by atoms with van der Waals surface area (Å²) in [6.45, 7) is 1.51. The molecule has 0 fully saturated rings. The van der Waals surface area contributed by atoms with Gasteiger partial charge in [0.2, 0.25) is 0 Å². The molecule has 3 N–H and O–H groups in total. The van der Waals surface area contributed by atoms with Crippen LogP contribution in [0.15, 0.2) is 34.9 Å². The van der Waals surface area contributed by atoms with E-state index in [0.717, 1.165) is 15.2 Å². The largest absolute Gasteiger partial charge is 0.393 e. The Bertz CT molecular complexity index is 558. The van der Waals surface area contributed by atoms with Crippen LogP contribution < -0.4 is 5.32 Å². The van der Waals surface area contributed by atoms with Gasteiger partial charge in [-0.3, -0.25) is 0 Å². The van der Waals surface area contributed by atoms with Crippen LogP contribution in [0.25, 0.3) is 10.8 Å². The van der Waals surface area contributed by atoms with Crippen LogP contribution in [0, 0.1) is 0 Å². The number of pyridine rings is 1. The Kier molecular flexibility index (Phi) is 3.85. The first-order chi connectivity index (χ1) is 8.53. The van der Waals surface area contributed by atoms with Gasteiger partial charge < -0.3 is 15.5 Å². The Labute approximate surface area is 114 Å². The Morgan fingerprint density at radius 2 is 2.11 bits per heavy atom. The fourth-order valence-electron chi connectivity index (χ4n) is 1.64. The highest BCUT2D eigenvalue weighted by Crippen LogP contribution is 2.27. The van der Waals surface area contributed by atoms with Gasteiger partial charge in [0.05, 0.1) is 6.61 Å². The highest BCUT2D eigenvalue weighted by atomic mass is 79.9. The number of rotatable bonds is 4. The van der Waals surface area contributed by atoms with Crippen molar-refractivity contribution in [2.75, 3.05) is 18.5 Å². The van der Waals surface area contributed by atoms with Crippen LogP contribution in [0.4, 0.5) is 5.82 Å². The Balaban J connectivity index is 2.32. The van der Waals surface area contributed by atoms with Gasteiger partial charge in [-0.05, 0) is 19.1 Å². The average molecular weight is 311 g/mol. The molecule has 1 aromatic carbocycles. The minimum atomic E-state index is -1.16. The lowest BCUT2D eigenvalue weighted by Crippen LogP contribution is -2.37. The van der Waals surface area contributed by atoms with Crippen molar-refractivity contribution in [1.29, 1.82) is 0 Å². The van der Waals surface area contributed by atoms with E-state index in [-0.39, 0.29) is 13.2 Å². The predicted molar refractivity (Wildman–Crippen MR) is 75.6 cm³/mol. The van der Waals surface area contributed by atoms with Gasteiger partial charge in [-0.15, -0.1) is 0 Å². The van der Waals surface area contributed by atoms with Crippen molar-refractivity contribution in [3.63, 3.8) is 0 Å². The standard InChI is InChI=1S/C13H15BrN2O2/c1-13(18,8-17)7-16-12-10-3-2-4-11(14)9(10)5-6-15-12/h2-6,17-18H,7-8H2,1H3,(H,15,16). The predicted octanol–water partition coefficient (Wildman–Crippen LogP) is 2.15. The van der Waals surface area contributed by atoms with Gasteiger partial charge in [0.25, 0.3) is 0 Å². The van der Waals surface area contributed by atoms with Crippen LogP contribution in [0.1, 0.15) is 6.92 Å². The van der Waals surface area contributed by atoms with Gasteiger partial charge in [-0.25, -0.2) is 4.98 Å². The first-order valence-corrected chi connectivity index (χ1v) is 6.43. The van der Waals surface area contributed by atoms with Crippen LogP contribution in [-0.2, 0) is 0 Å². The molecular weight excluding hydrogens is 296 g/mol. The normalized spacial score (nSPS) is 14.4. The minimum Gasteiger partial charge on any atom is -0.393 e. The monoisotopic (exact) mass is 310 g/mol. The van der Waals surface area contributed by atoms with E-state index in [0.29, 0.717) is 5.82 Å². The smallest absolute Gasteiger partial charge is 0.133 e. The van der Waals surface area contributed by atoms with Gasteiger partial charge in [-0.2, -0.15) is 0 Å². The quantitative estimate of drug-likeness (QED) is 0.809. The fourth-order valence-corrected chi connectivity index (χ4v) is 2.14. The van der Waals surface area contributed by atoms with E-state index in [2.05, 4.69) is 26.2 Å². The van der Waals surface area contributed by atoms with Crippen LogP contribution in [-0.4, -0.2) is 33.9 Å². The number of aliphatic hydroxyl groups is 2. The lowest BCUT2D eigenvalue weighted by molar-refractivity contribution is 0.0132. The number of benzene rings is 1. The SMILES string of the molecule is CC(O)(CO)CNc1nccc2c(Br)cccc12. The van der Waals surface area contributed by atoms with Crippen LogP contribution >= 0.6 is 15.9 Å². The average Bonchev–Trinajstić information content (AvgIpc) is 2.37. The summed E-state index contributed by atoms with van der Waals surface area (Å²) < 4.78 is 0.999. The zero-order valence-electron chi connectivity index (χ0n) is 10.0. The lowest BCUT2D eigenvalue weighted by atomic mass is 10.1. The van der Waals surface area contributed by atoms with Crippen molar-refractivity contribution in [2.45, 2.75) is 12.5 Å². The summed E-state index contributed by atoms with van der Waals surface area (Å²) in [6, 6.07) is 7.79. The van der Waals surface area contributed by atoms with Crippen LogP contribution in [0.2, 0.25) is 0 Å². The molecular formula is C13H15BrN2O2. The van der Waals surface area contributed by atoms with Crippen molar-refractivity contribution in [3.05, 3.63) is 34.9 Å². The number of fused-ring (bicyclic) bond motifs is 1. The molecule has 1 atom stereocenters. The Hall–Kier alpha value is -1.17. The molecule has 1 aromatic heterocycles. The van der Waals surface area contributed by atoms with E-state index < -0.39 is 5.60 Å². The molecule has 0 aliphatic heterocycles. The summed E-state index contributed by atoms with van der Waals surface area (Å²) in [4.78, 5) is 4.26. The molecule has 0 aliphatic carbocycles. The van der Waals surface area contributed by atoms with Crippen LogP contribution in [0.5, 0.6) is 0 Å². The second kappa shape index (κ2) is 5.22. The summed E-state index contributed by atoms with van der Waals surface area (Å²) in [5.41, 5.74) is -1.16. The Morgan fingerprint density at radius 3 is 2.83 bits per heavy atom. The molecule has 0 aliphatic rings. The summed E-state index contributed by atoms with van der Waals surface area (Å²) >= 11 is 3.49. The van der Waals surface area contributed by atoms with Crippen molar-refractivity contribution >= 4 is 32.5 Å². The molecule has 2 rings (SSSR count). The highest BCUT2D eigenvalue weighted by molar-refractivity contribution is 9.10. The molecule has 0 spiro atoms. The van der Waals surface area contributed by atoms with E-state index in [1.807, 2.05) is 24.3 Å². The van der Waals surface area contributed by atoms with E-state index in [9.17, 15) is 5.11 Å². The maximum Gasteiger partial charge on any atom is 0.133 e. The fraction of sp³-hybridized carbons (Fsp3) is 0.308. The van der Waals surface area contributed by atoms with Gasteiger partial charge in [-0.1, -0.05) is 28.1 Å². The number of aromatic nitrogens is 1. The molecule has 0 saturated heterocycles. The summed E-state index contributed by atoms with van der Waals surface area (Å²) in [7, 11) is 0. The van der Waals surface area contributed by atoms with Crippen molar-refractivity contribution in [3.8, 4) is 0 Å². The molecule has 18 heavy (non-hydrogen) atoms. The summed E-state index contributed by atoms with van der Waals surface area (Å²) in [5.74, 6) is 0.697. The summed E-state index contributed by atoms with van der Waals surface area (Å²) in [5, 5.41) is 23.9. The maximum absolute atomic E-state index is 9.76. The van der Waals surface area contributed by atoms with Crippen molar-refractivity contribution in [2.24, 2.45) is 0 Å². The first-order valence-electron chi connectivity index (χ1n) is 5.64. The maximum atomic E-state index is 9.76. The third kappa shape index (κ3) is 2.80. The number of anilines is 1. The number of aliphatic hydroxyl groups excluding tert-OH is 1. The van der Waals surface area contributed by atoms with Gasteiger partial charge in [0.15, 0.2) is 0 Å².